The first-order chi connectivity index (χ1) is 8.47. The van der Waals surface area contributed by atoms with Crippen molar-refractivity contribution in [2.75, 3.05) is 5.73 Å². The molecule has 0 unspecified atom stereocenters. The summed E-state index contributed by atoms with van der Waals surface area (Å²) in [4.78, 5) is 28.6. The Balaban J connectivity index is 2.30. The van der Waals surface area contributed by atoms with Crippen molar-refractivity contribution in [1.29, 1.82) is 0 Å². The Bertz CT molecular complexity index is 684. The van der Waals surface area contributed by atoms with E-state index in [1.807, 2.05) is 0 Å². The number of hydrogen-bond acceptors (Lipinski definition) is 6. The molecule has 2 heterocycles. The van der Waals surface area contributed by atoms with Crippen LogP contribution in [0.1, 0.15) is 0 Å². The van der Waals surface area contributed by atoms with Crippen molar-refractivity contribution in [1.82, 2.24) is 19.5 Å². The summed E-state index contributed by atoms with van der Waals surface area (Å²) in [6.45, 7) is 0. The monoisotopic (exact) mass is 269 g/mol. The van der Waals surface area contributed by atoms with Gasteiger partial charge in [-0.2, -0.15) is 0 Å². The summed E-state index contributed by atoms with van der Waals surface area (Å²) in [5.74, 6) is 0.239. The highest BCUT2D eigenvalue weighted by Gasteiger charge is 2.11. The topological polar surface area (TPSA) is 136 Å². The molecule has 18 heavy (non-hydrogen) atoms. The van der Waals surface area contributed by atoms with Gasteiger partial charge >= 0.3 is 7.82 Å². The molecule has 9 nitrogen and oxygen atoms in total. The lowest BCUT2D eigenvalue weighted by molar-refractivity contribution is 0.259. The minimum absolute atomic E-state index is 0.239. The number of nitrogen functional groups attached to an aromatic ring is 1. The molecule has 0 aromatic carbocycles. The molecule has 0 aliphatic carbocycles. The van der Waals surface area contributed by atoms with Gasteiger partial charge in [-0.3, -0.25) is 14.4 Å². The van der Waals surface area contributed by atoms with Gasteiger partial charge in [-0.25, -0.2) is 19.5 Å². The van der Waals surface area contributed by atoms with Gasteiger partial charge in [-0.05, 0) is 0 Å². The number of hydrogen-bond donors (Lipinski definition) is 3. The molecule has 0 fully saturated rings. The first kappa shape index (κ1) is 12.3. The molecule has 10 heteroatoms. The quantitative estimate of drug-likeness (QED) is 0.405. The lowest BCUT2D eigenvalue weighted by Gasteiger charge is -1.97. The maximum atomic E-state index is 10.4. The number of nitrogens with zero attached hydrogens (tertiary/aromatic N) is 4. The second kappa shape index (κ2) is 4.59. The van der Waals surface area contributed by atoms with Crippen molar-refractivity contribution in [3.8, 4) is 0 Å². The summed E-state index contributed by atoms with van der Waals surface area (Å²) in [6, 6.07) is 0. The van der Waals surface area contributed by atoms with Crippen LogP contribution in [0.3, 0.4) is 0 Å². The van der Waals surface area contributed by atoms with E-state index < -0.39 is 7.82 Å². The summed E-state index contributed by atoms with van der Waals surface area (Å²) in [7, 11) is -4.54. The molecule has 4 N–H and O–H groups in total. The van der Waals surface area contributed by atoms with Crippen molar-refractivity contribution in [3.05, 3.63) is 24.6 Å². The fourth-order valence-electron chi connectivity index (χ4n) is 1.17. The Morgan fingerprint density at radius 1 is 1.44 bits per heavy atom. The zero-order valence-corrected chi connectivity index (χ0v) is 9.73. The maximum Gasteiger partial charge on any atom is 0.524 e. The third-order valence-corrected chi connectivity index (χ3v) is 2.24. The maximum absolute atomic E-state index is 10.4. The Labute approximate surface area is 100 Å². The first-order valence-electron chi connectivity index (χ1n) is 4.55. The standard InChI is InChI=1S/C8H8N5O4P/c9-7-6-8(11-4-10-7)13(5-12-6)2-1-3-17-18(14,15)16/h2-5H,(H2,9,10,11)(H2,14,15,16). The SMILES string of the molecule is Nc1ncnc2c1ncn2C=C=COP(=O)(O)O. The fourth-order valence-corrected chi connectivity index (χ4v) is 1.37. The average Bonchev–Trinajstić information content (AvgIpc) is 2.68. The Kier molecular flexibility index (Phi) is 3.14. The number of aromatic nitrogens is 4. The van der Waals surface area contributed by atoms with Crippen LogP contribution in [0.25, 0.3) is 17.4 Å². The summed E-state index contributed by atoms with van der Waals surface area (Å²) < 4.78 is 15.9. The van der Waals surface area contributed by atoms with Crippen molar-refractivity contribution in [2.45, 2.75) is 0 Å². The smallest absolute Gasteiger partial charge is 0.404 e. The number of imidazole rings is 1. The van der Waals surface area contributed by atoms with Gasteiger partial charge in [0.1, 0.15) is 18.9 Å². The predicted octanol–water partition coefficient (Wildman–Crippen LogP) is 0.101. The van der Waals surface area contributed by atoms with Crippen molar-refractivity contribution in [3.63, 3.8) is 0 Å². The van der Waals surface area contributed by atoms with Gasteiger partial charge < -0.3 is 10.3 Å². The molecule has 0 saturated carbocycles. The van der Waals surface area contributed by atoms with Crippen LogP contribution in [0.4, 0.5) is 5.82 Å². The number of phosphoric acid groups is 1. The number of nitrogens with two attached hydrogens (primary N) is 1. The van der Waals surface area contributed by atoms with Gasteiger partial charge in [0.15, 0.2) is 17.0 Å². The summed E-state index contributed by atoms with van der Waals surface area (Å²) in [5.41, 5.74) is 8.86. The van der Waals surface area contributed by atoms with E-state index in [4.69, 9.17) is 15.5 Å². The predicted molar refractivity (Wildman–Crippen MR) is 61.7 cm³/mol. The molecule has 94 valence electrons. The molecule has 0 bridgehead atoms. The van der Waals surface area contributed by atoms with Gasteiger partial charge in [0.05, 0.1) is 6.20 Å². The number of fused-ring (bicyclic) bond motifs is 1. The van der Waals surface area contributed by atoms with Gasteiger partial charge in [0.25, 0.3) is 0 Å². The number of rotatable bonds is 3. The van der Waals surface area contributed by atoms with E-state index in [0.29, 0.717) is 11.2 Å². The lowest BCUT2D eigenvalue weighted by atomic mass is 10.5. The van der Waals surface area contributed by atoms with E-state index in [1.54, 1.807) is 0 Å². The van der Waals surface area contributed by atoms with Crippen LogP contribution in [0.5, 0.6) is 0 Å². The zero-order chi connectivity index (χ0) is 13.2. The molecular formula is C8H8N5O4P. The fraction of sp³-hybridized carbons (Fsp3) is 0. The molecular weight excluding hydrogens is 261 g/mol. The van der Waals surface area contributed by atoms with Gasteiger partial charge in [-0.1, -0.05) is 5.73 Å². The Morgan fingerprint density at radius 3 is 2.94 bits per heavy atom. The minimum atomic E-state index is -4.54. The second-order valence-electron chi connectivity index (χ2n) is 3.09. The minimum Gasteiger partial charge on any atom is -0.404 e. The summed E-state index contributed by atoms with van der Waals surface area (Å²) in [6.07, 6.45) is 4.77. The molecule has 0 spiro atoms. The highest BCUT2D eigenvalue weighted by molar-refractivity contribution is 7.46. The van der Waals surface area contributed by atoms with E-state index in [0.717, 1.165) is 6.26 Å². The molecule has 0 aliphatic heterocycles. The largest absolute Gasteiger partial charge is 0.524 e. The Morgan fingerprint density at radius 2 is 2.22 bits per heavy atom. The van der Waals surface area contributed by atoms with Crippen LogP contribution < -0.4 is 5.73 Å². The van der Waals surface area contributed by atoms with E-state index in [1.165, 1.54) is 23.4 Å². The van der Waals surface area contributed by atoms with Crippen LogP contribution >= 0.6 is 7.82 Å². The molecule has 0 atom stereocenters. The lowest BCUT2D eigenvalue weighted by Crippen LogP contribution is -1.93. The van der Waals surface area contributed by atoms with Crippen molar-refractivity contribution in [2.24, 2.45) is 0 Å². The third-order valence-electron chi connectivity index (χ3n) is 1.86. The van der Waals surface area contributed by atoms with Gasteiger partial charge in [0.2, 0.25) is 0 Å². The molecule has 0 radical (unpaired) electrons. The Hall–Kier alpha value is -2.18. The molecule has 0 amide bonds. The molecule has 2 aromatic rings. The summed E-state index contributed by atoms with van der Waals surface area (Å²) >= 11 is 0. The average molecular weight is 269 g/mol. The second-order valence-corrected chi connectivity index (χ2v) is 4.28. The highest BCUT2D eigenvalue weighted by Crippen LogP contribution is 2.35. The first-order valence-corrected chi connectivity index (χ1v) is 6.08. The highest BCUT2D eigenvalue weighted by atomic mass is 31.2. The number of anilines is 1. The summed E-state index contributed by atoms with van der Waals surface area (Å²) in [5, 5.41) is 0. The van der Waals surface area contributed by atoms with Crippen molar-refractivity contribution >= 4 is 31.0 Å². The van der Waals surface area contributed by atoms with E-state index >= 15 is 0 Å². The van der Waals surface area contributed by atoms with Crippen molar-refractivity contribution < 1.29 is 18.9 Å². The molecule has 2 rings (SSSR count). The normalized spacial score (nSPS) is 11.0. The van der Waals surface area contributed by atoms with Gasteiger partial charge in [-0.15, -0.1) is 0 Å². The molecule has 0 saturated heterocycles. The number of phosphoric ester groups is 1. The van der Waals surface area contributed by atoms with Crippen LogP contribution in [-0.4, -0.2) is 29.3 Å². The van der Waals surface area contributed by atoms with Crippen LogP contribution in [-0.2, 0) is 9.09 Å². The van der Waals surface area contributed by atoms with E-state index in [2.05, 4.69) is 25.2 Å². The van der Waals surface area contributed by atoms with Crippen LogP contribution in [0.15, 0.2) is 24.6 Å². The van der Waals surface area contributed by atoms with E-state index in [9.17, 15) is 4.57 Å². The molecule has 2 aromatic heterocycles. The van der Waals surface area contributed by atoms with Crippen LogP contribution in [0.2, 0.25) is 0 Å². The van der Waals surface area contributed by atoms with Gasteiger partial charge in [0, 0.05) is 0 Å². The van der Waals surface area contributed by atoms with Crippen LogP contribution in [0, 0.1) is 0 Å². The van der Waals surface area contributed by atoms with E-state index in [-0.39, 0.29) is 5.82 Å². The molecule has 0 aliphatic rings. The third kappa shape index (κ3) is 2.73. The zero-order valence-electron chi connectivity index (χ0n) is 8.83.